The van der Waals surface area contributed by atoms with Gasteiger partial charge in [-0.3, -0.25) is 9.69 Å². The van der Waals surface area contributed by atoms with Crippen molar-refractivity contribution in [2.24, 2.45) is 0 Å². The molecule has 1 N–H and O–H groups in total. The predicted molar refractivity (Wildman–Crippen MR) is 162 cm³/mol. The van der Waals surface area contributed by atoms with Crippen LogP contribution < -0.4 is 5.32 Å². The normalized spacial score (nSPS) is 13.5. The number of carbonyl (C=O) groups excluding carboxylic acids is 1. The van der Waals surface area contributed by atoms with E-state index in [0.29, 0.717) is 5.00 Å². The summed E-state index contributed by atoms with van der Waals surface area (Å²) >= 11 is 3.12. The number of halogens is 1. The number of thiazole rings is 1. The second-order valence-electron chi connectivity index (χ2n) is 9.26. The van der Waals surface area contributed by atoms with Crippen molar-refractivity contribution in [2.75, 3.05) is 17.6 Å². The van der Waals surface area contributed by atoms with Crippen LogP contribution in [0.4, 0.5) is 5.00 Å². The Bertz CT molecular complexity index is 1690. The highest BCUT2D eigenvalue weighted by Crippen LogP contribution is 2.45. The highest BCUT2D eigenvalue weighted by Gasteiger charge is 2.29. The van der Waals surface area contributed by atoms with Crippen molar-refractivity contribution in [1.82, 2.24) is 9.88 Å². The molecule has 200 valence electrons. The molecule has 0 radical (unpaired) electrons. The van der Waals surface area contributed by atoms with Crippen LogP contribution in [0.2, 0.25) is 0 Å². The van der Waals surface area contributed by atoms with Crippen LogP contribution in [0.15, 0.2) is 89.8 Å². The Morgan fingerprint density at radius 1 is 0.923 bits per heavy atom. The number of aromatic nitrogens is 1. The molecule has 0 atom stereocenters. The fourth-order valence-corrected chi connectivity index (χ4v) is 8.35. The van der Waals surface area contributed by atoms with Crippen molar-refractivity contribution in [2.45, 2.75) is 24.4 Å². The molecule has 1 amide bonds. The minimum atomic E-state index is -3.75. The molecule has 0 saturated carbocycles. The number of sulfone groups is 1. The van der Waals surface area contributed by atoms with Gasteiger partial charge in [0.1, 0.15) is 15.8 Å². The lowest BCUT2D eigenvalue weighted by atomic mass is 10.0. The van der Waals surface area contributed by atoms with Gasteiger partial charge in [0.05, 0.1) is 15.1 Å². The summed E-state index contributed by atoms with van der Waals surface area (Å²) in [6, 6.07) is 26.5. The molecular formula is C29H26ClN3O3S3. The molecule has 0 aliphatic carbocycles. The van der Waals surface area contributed by atoms with Gasteiger partial charge < -0.3 is 5.32 Å². The summed E-state index contributed by atoms with van der Waals surface area (Å²) in [5.41, 5.74) is 4.30. The lowest BCUT2D eigenvalue weighted by Gasteiger charge is -2.27. The van der Waals surface area contributed by atoms with E-state index in [1.165, 1.54) is 39.5 Å². The molecule has 5 aromatic rings. The molecule has 1 aliphatic heterocycles. The second-order valence-corrected chi connectivity index (χ2v) is 13.4. The topological polar surface area (TPSA) is 79.4 Å². The summed E-state index contributed by atoms with van der Waals surface area (Å²) in [5, 5.41) is 4.47. The van der Waals surface area contributed by atoms with Gasteiger partial charge in [-0.15, -0.1) is 35.1 Å². The summed E-state index contributed by atoms with van der Waals surface area (Å²) in [6.45, 7) is 2.52. The molecule has 10 heteroatoms. The summed E-state index contributed by atoms with van der Waals surface area (Å²) < 4.78 is 26.8. The van der Waals surface area contributed by atoms with Crippen molar-refractivity contribution in [3.05, 3.63) is 101 Å². The number of rotatable bonds is 7. The van der Waals surface area contributed by atoms with Gasteiger partial charge in [-0.05, 0) is 41.8 Å². The fraction of sp³-hybridized carbons (Fsp3) is 0.172. The lowest BCUT2D eigenvalue weighted by molar-refractivity contribution is -0.113. The van der Waals surface area contributed by atoms with Crippen LogP contribution in [0.3, 0.4) is 0 Å². The van der Waals surface area contributed by atoms with E-state index in [1.807, 2.05) is 30.3 Å². The molecule has 1 aliphatic rings. The maximum Gasteiger partial charge on any atom is 0.240 e. The molecule has 0 bridgehead atoms. The Morgan fingerprint density at radius 2 is 1.62 bits per heavy atom. The first kappa shape index (κ1) is 27.5. The Kier molecular flexibility index (Phi) is 8.16. The van der Waals surface area contributed by atoms with E-state index in [0.717, 1.165) is 46.8 Å². The Morgan fingerprint density at radius 3 is 2.36 bits per heavy atom. The van der Waals surface area contributed by atoms with E-state index < -0.39 is 21.5 Å². The fourth-order valence-electron chi connectivity index (χ4n) is 4.77. The van der Waals surface area contributed by atoms with E-state index in [4.69, 9.17) is 4.98 Å². The lowest BCUT2D eigenvalue weighted by Crippen LogP contribution is -2.29. The summed E-state index contributed by atoms with van der Waals surface area (Å²) in [4.78, 5) is 21.7. The van der Waals surface area contributed by atoms with Crippen molar-refractivity contribution < 1.29 is 13.2 Å². The molecule has 3 heterocycles. The molecule has 0 fully saturated rings. The number of amides is 1. The van der Waals surface area contributed by atoms with E-state index in [2.05, 4.69) is 34.5 Å². The van der Waals surface area contributed by atoms with Crippen molar-refractivity contribution in [3.63, 3.8) is 0 Å². The predicted octanol–water partition coefficient (Wildman–Crippen LogP) is 6.42. The summed E-state index contributed by atoms with van der Waals surface area (Å²) in [6.07, 6.45) is 0.835. The summed E-state index contributed by atoms with van der Waals surface area (Å²) in [5.74, 6) is -1.16. The van der Waals surface area contributed by atoms with Crippen LogP contribution in [-0.4, -0.2) is 36.5 Å². The smallest absolute Gasteiger partial charge is 0.240 e. The third-order valence-corrected chi connectivity index (χ3v) is 10.4. The van der Waals surface area contributed by atoms with E-state index in [1.54, 1.807) is 29.5 Å². The van der Waals surface area contributed by atoms with Crippen LogP contribution in [0.1, 0.15) is 16.0 Å². The Hall–Kier alpha value is -3.08. The zero-order chi connectivity index (χ0) is 26.1. The van der Waals surface area contributed by atoms with Gasteiger partial charge in [0.2, 0.25) is 5.91 Å². The van der Waals surface area contributed by atoms with E-state index in [9.17, 15) is 13.2 Å². The van der Waals surface area contributed by atoms with Crippen molar-refractivity contribution >= 4 is 66.0 Å². The average Bonchev–Trinajstić information content (AvgIpc) is 3.49. The highest BCUT2D eigenvalue weighted by molar-refractivity contribution is 7.92. The Balaban J connectivity index is 0.00000308. The van der Waals surface area contributed by atoms with Gasteiger partial charge in [0.15, 0.2) is 9.84 Å². The number of carbonyl (C=O) groups is 1. The maximum atomic E-state index is 13.1. The molecule has 6 nitrogen and oxygen atoms in total. The second kappa shape index (κ2) is 11.6. The molecule has 0 saturated heterocycles. The van der Waals surface area contributed by atoms with Gasteiger partial charge in [0.25, 0.3) is 0 Å². The minimum absolute atomic E-state index is 0. The van der Waals surface area contributed by atoms with Gasteiger partial charge >= 0.3 is 0 Å². The van der Waals surface area contributed by atoms with Crippen LogP contribution in [0.25, 0.3) is 20.8 Å². The van der Waals surface area contributed by atoms with Gasteiger partial charge in [-0.25, -0.2) is 13.4 Å². The minimum Gasteiger partial charge on any atom is -0.316 e. The van der Waals surface area contributed by atoms with Crippen LogP contribution in [-0.2, 0) is 34.1 Å². The number of nitrogens with zero attached hydrogens (tertiary/aromatic N) is 2. The molecule has 3 aromatic carbocycles. The largest absolute Gasteiger partial charge is 0.316 e. The third-order valence-electron chi connectivity index (χ3n) is 6.57. The number of fused-ring (bicyclic) bond motifs is 2. The molecule has 2 aromatic heterocycles. The van der Waals surface area contributed by atoms with Gasteiger partial charge in [-0.1, -0.05) is 60.7 Å². The van der Waals surface area contributed by atoms with Gasteiger partial charge in [0, 0.05) is 30.1 Å². The first-order valence-corrected chi connectivity index (χ1v) is 15.6. The molecule has 6 rings (SSSR count). The number of benzene rings is 3. The van der Waals surface area contributed by atoms with Crippen LogP contribution in [0.5, 0.6) is 0 Å². The zero-order valence-corrected chi connectivity index (χ0v) is 24.1. The number of anilines is 1. The zero-order valence-electron chi connectivity index (χ0n) is 20.9. The quantitative estimate of drug-likeness (QED) is 0.235. The number of para-hydroxylation sites is 1. The van der Waals surface area contributed by atoms with Crippen molar-refractivity contribution in [1.29, 1.82) is 0 Å². The van der Waals surface area contributed by atoms with Crippen LogP contribution in [0, 0.1) is 0 Å². The number of nitrogens with one attached hydrogen (secondary N) is 1. The maximum absolute atomic E-state index is 13.1. The SMILES string of the molecule is Cl.O=C(CS(=O)(=O)c1ccccc1)Nc1sc2c(c1-c1nc3ccccc3s1)CCN(Cc1ccccc1)C2. The third kappa shape index (κ3) is 5.92. The first-order chi connectivity index (χ1) is 18.5. The van der Waals surface area contributed by atoms with E-state index in [-0.39, 0.29) is 17.3 Å². The molecule has 39 heavy (non-hydrogen) atoms. The van der Waals surface area contributed by atoms with Crippen molar-refractivity contribution in [3.8, 4) is 10.6 Å². The molecular weight excluding hydrogens is 570 g/mol. The van der Waals surface area contributed by atoms with E-state index >= 15 is 0 Å². The molecule has 0 unspecified atom stereocenters. The highest BCUT2D eigenvalue weighted by atomic mass is 35.5. The van der Waals surface area contributed by atoms with Gasteiger partial charge in [-0.2, -0.15) is 0 Å². The first-order valence-electron chi connectivity index (χ1n) is 12.3. The van der Waals surface area contributed by atoms with Crippen LogP contribution >= 0.6 is 35.1 Å². The summed E-state index contributed by atoms with van der Waals surface area (Å²) in [7, 11) is -3.75. The number of thiophene rings is 1. The Labute approximate surface area is 241 Å². The average molecular weight is 596 g/mol. The number of hydrogen-bond acceptors (Lipinski definition) is 7. The molecule has 0 spiro atoms. The monoisotopic (exact) mass is 595 g/mol. The number of hydrogen-bond donors (Lipinski definition) is 1. The standard InChI is InChI=1S/C29H25N3O3S3.ClH/c33-26(19-38(34,35)21-11-5-2-6-12-21)31-29-27(28-30-23-13-7-8-14-24(23)36-28)22-15-16-32(18-25(22)37-29)17-20-9-3-1-4-10-20;/h1-14H,15-19H2,(H,31,33);1H.